The standard InChI is InChI=1S/C36H44N2O6/c39-25-26-11-13-29(14-12-26)33-22-32(24-38-19-4-1-5-20-38)43-36(44-33)30-17-15-28(16-18-30)31-8-6-7-27(21-31)23-37-34(40)9-2-3-10-35(41)42/h6-8,11-18,21,32-33,36,39H,1-5,9-10,19-20,22-25H2,(H,37,40)(H,41,42)/t32-,33+,36+/m1/s1. The molecule has 0 aliphatic carbocycles. The third-order valence-electron chi connectivity index (χ3n) is 8.50. The Morgan fingerprint density at radius 3 is 2.27 bits per heavy atom. The fourth-order valence-corrected chi connectivity index (χ4v) is 6.01. The van der Waals surface area contributed by atoms with Gasteiger partial charge in [0.25, 0.3) is 0 Å². The Hall–Kier alpha value is -3.56. The van der Waals surface area contributed by atoms with E-state index in [1.807, 2.05) is 24.3 Å². The van der Waals surface area contributed by atoms with Crippen molar-refractivity contribution >= 4 is 11.9 Å². The number of benzene rings is 3. The lowest BCUT2D eigenvalue weighted by molar-refractivity contribution is -0.253. The van der Waals surface area contributed by atoms with Crippen molar-refractivity contribution in [1.29, 1.82) is 0 Å². The molecule has 1 amide bonds. The second-order valence-electron chi connectivity index (χ2n) is 11.9. The lowest BCUT2D eigenvalue weighted by atomic mass is 9.98. The van der Waals surface area contributed by atoms with Crippen molar-refractivity contribution in [3.63, 3.8) is 0 Å². The second kappa shape index (κ2) is 16.0. The molecule has 0 unspecified atom stereocenters. The average Bonchev–Trinajstić information content (AvgIpc) is 3.06. The van der Waals surface area contributed by atoms with Gasteiger partial charge in [0.05, 0.1) is 18.8 Å². The van der Waals surface area contributed by atoms with E-state index in [0.717, 1.165) is 59.4 Å². The highest BCUT2D eigenvalue weighted by atomic mass is 16.7. The number of nitrogens with zero attached hydrogens (tertiary/aromatic N) is 1. The second-order valence-corrected chi connectivity index (χ2v) is 11.9. The molecule has 3 aromatic carbocycles. The van der Waals surface area contributed by atoms with Crippen molar-refractivity contribution in [2.75, 3.05) is 19.6 Å². The summed E-state index contributed by atoms with van der Waals surface area (Å²) in [5.41, 5.74) is 6.07. The van der Waals surface area contributed by atoms with Crippen LogP contribution in [0.15, 0.2) is 72.8 Å². The third-order valence-corrected chi connectivity index (χ3v) is 8.50. The zero-order valence-electron chi connectivity index (χ0n) is 25.3. The molecule has 8 nitrogen and oxygen atoms in total. The van der Waals surface area contributed by atoms with Gasteiger partial charge >= 0.3 is 5.97 Å². The van der Waals surface area contributed by atoms with Crippen LogP contribution in [0.1, 0.15) is 86.0 Å². The molecule has 2 aliphatic heterocycles. The molecular weight excluding hydrogens is 556 g/mol. The van der Waals surface area contributed by atoms with Crippen molar-refractivity contribution in [1.82, 2.24) is 10.2 Å². The maximum Gasteiger partial charge on any atom is 0.303 e. The van der Waals surface area contributed by atoms with E-state index in [4.69, 9.17) is 14.6 Å². The summed E-state index contributed by atoms with van der Waals surface area (Å²) in [6.07, 6.45) is 5.52. The van der Waals surface area contributed by atoms with Crippen LogP contribution in [0.3, 0.4) is 0 Å². The molecule has 5 rings (SSSR count). The van der Waals surface area contributed by atoms with Crippen LogP contribution in [-0.4, -0.2) is 52.7 Å². The summed E-state index contributed by atoms with van der Waals surface area (Å²) in [5.74, 6) is -0.903. The van der Waals surface area contributed by atoms with Crippen molar-refractivity contribution < 1.29 is 29.3 Å². The largest absolute Gasteiger partial charge is 0.481 e. The topological polar surface area (TPSA) is 108 Å². The SMILES string of the molecule is O=C(O)CCCCC(=O)NCc1cccc(-c2ccc([C@H]3O[C@@H](CN4CCCCC4)C[C@@H](c4ccc(CO)cc4)O3)cc2)c1. The van der Waals surface area contributed by atoms with Crippen LogP contribution < -0.4 is 5.32 Å². The number of carboxylic acids is 1. The van der Waals surface area contributed by atoms with E-state index in [1.54, 1.807) is 0 Å². The number of aliphatic hydroxyl groups is 1. The number of likely N-dealkylation sites (tertiary alicyclic amines) is 1. The van der Waals surface area contributed by atoms with Crippen LogP contribution in [0.25, 0.3) is 11.1 Å². The van der Waals surface area contributed by atoms with Gasteiger partial charge in [-0.15, -0.1) is 0 Å². The molecule has 3 atom stereocenters. The number of carbonyl (C=O) groups is 2. The molecule has 44 heavy (non-hydrogen) atoms. The van der Waals surface area contributed by atoms with Gasteiger partial charge in [-0.2, -0.15) is 0 Å². The minimum atomic E-state index is -0.833. The molecule has 0 radical (unpaired) electrons. The normalized spacial score (nSPS) is 20.7. The predicted octanol–water partition coefficient (Wildman–Crippen LogP) is 6.14. The first-order chi connectivity index (χ1) is 21.5. The van der Waals surface area contributed by atoms with Crippen LogP contribution >= 0.6 is 0 Å². The maximum atomic E-state index is 12.2. The number of aliphatic carboxylic acids is 1. The summed E-state index contributed by atoms with van der Waals surface area (Å²) in [6, 6.07) is 24.4. The minimum absolute atomic E-state index is 0.0230. The molecule has 2 fully saturated rings. The van der Waals surface area contributed by atoms with Gasteiger partial charge in [-0.3, -0.25) is 9.59 Å². The van der Waals surface area contributed by atoms with Crippen LogP contribution in [0.2, 0.25) is 0 Å². The van der Waals surface area contributed by atoms with Gasteiger partial charge in [-0.25, -0.2) is 0 Å². The summed E-state index contributed by atoms with van der Waals surface area (Å²) in [7, 11) is 0. The molecule has 3 N–H and O–H groups in total. The third kappa shape index (κ3) is 9.22. The lowest BCUT2D eigenvalue weighted by Crippen LogP contribution is -2.41. The first-order valence-electron chi connectivity index (χ1n) is 15.9. The lowest BCUT2D eigenvalue weighted by Gasteiger charge is -2.39. The quantitative estimate of drug-likeness (QED) is 0.202. The Morgan fingerprint density at radius 2 is 1.55 bits per heavy atom. The van der Waals surface area contributed by atoms with Gasteiger partial charge in [-0.05, 0) is 72.7 Å². The van der Waals surface area contributed by atoms with Gasteiger partial charge in [0.15, 0.2) is 6.29 Å². The number of carbonyl (C=O) groups excluding carboxylic acids is 1. The van der Waals surface area contributed by atoms with Crippen LogP contribution in [0.4, 0.5) is 0 Å². The zero-order chi connectivity index (χ0) is 30.7. The Labute approximate surface area is 260 Å². The van der Waals surface area contributed by atoms with Gasteiger partial charge in [0, 0.05) is 37.9 Å². The number of aliphatic hydroxyl groups excluding tert-OH is 1. The highest BCUT2D eigenvalue weighted by Gasteiger charge is 2.33. The highest BCUT2D eigenvalue weighted by molar-refractivity contribution is 5.76. The Balaban J connectivity index is 1.23. The van der Waals surface area contributed by atoms with Crippen LogP contribution in [0.5, 0.6) is 0 Å². The number of piperidine rings is 1. The van der Waals surface area contributed by atoms with E-state index in [0.29, 0.717) is 25.8 Å². The van der Waals surface area contributed by atoms with Gasteiger partial charge in [0.1, 0.15) is 0 Å². The molecular formula is C36H44N2O6. The fraction of sp³-hybridized carbons (Fsp3) is 0.444. The Bertz CT molecular complexity index is 1350. The van der Waals surface area contributed by atoms with Crippen molar-refractivity contribution in [3.8, 4) is 11.1 Å². The number of nitrogens with one attached hydrogen (secondary N) is 1. The van der Waals surface area contributed by atoms with E-state index < -0.39 is 12.3 Å². The van der Waals surface area contributed by atoms with E-state index >= 15 is 0 Å². The molecule has 3 aromatic rings. The van der Waals surface area contributed by atoms with Gasteiger partial charge in [-0.1, -0.05) is 73.2 Å². The van der Waals surface area contributed by atoms with E-state index in [-0.39, 0.29) is 31.1 Å². The summed E-state index contributed by atoms with van der Waals surface area (Å²) in [4.78, 5) is 25.3. The monoisotopic (exact) mass is 600 g/mol. The summed E-state index contributed by atoms with van der Waals surface area (Å²) in [5, 5.41) is 21.2. The number of ether oxygens (including phenoxy) is 2. The minimum Gasteiger partial charge on any atom is -0.481 e. The number of hydrogen-bond acceptors (Lipinski definition) is 6. The number of hydrogen-bond donors (Lipinski definition) is 3. The van der Waals surface area contributed by atoms with Crippen LogP contribution in [0, 0.1) is 0 Å². The fourth-order valence-electron chi connectivity index (χ4n) is 6.01. The first-order valence-corrected chi connectivity index (χ1v) is 15.9. The smallest absolute Gasteiger partial charge is 0.303 e. The average molecular weight is 601 g/mol. The summed E-state index contributed by atoms with van der Waals surface area (Å²) in [6.45, 7) is 3.58. The molecule has 2 saturated heterocycles. The van der Waals surface area contributed by atoms with E-state index in [2.05, 4.69) is 58.7 Å². The van der Waals surface area contributed by atoms with Gasteiger partial charge in [0.2, 0.25) is 5.91 Å². The number of amides is 1. The molecule has 2 aliphatic rings. The molecule has 0 bridgehead atoms. The molecule has 0 saturated carbocycles. The number of carboxylic acid groups (broad SMARTS) is 1. The van der Waals surface area contributed by atoms with E-state index in [1.165, 1.54) is 19.3 Å². The molecule has 0 aromatic heterocycles. The molecule has 234 valence electrons. The summed E-state index contributed by atoms with van der Waals surface area (Å²) >= 11 is 0. The Kier molecular flexibility index (Phi) is 11.5. The predicted molar refractivity (Wildman–Crippen MR) is 169 cm³/mol. The molecule has 2 heterocycles. The number of unbranched alkanes of at least 4 members (excludes halogenated alkanes) is 1. The van der Waals surface area contributed by atoms with Crippen molar-refractivity contribution in [2.45, 2.75) is 83.0 Å². The van der Waals surface area contributed by atoms with Crippen LogP contribution in [-0.2, 0) is 32.2 Å². The Morgan fingerprint density at radius 1 is 0.818 bits per heavy atom. The van der Waals surface area contributed by atoms with E-state index in [9.17, 15) is 14.7 Å². The molecule has 0 spiro atoms. The van der Waals surface area contributed by atoms with Crippen molar-refractivity contribution in [2.24, 2.45) is 0 Å². The first kappa shape index (κ1) is 31.9. The number of rotatable bonds is 13. The van der Waals surface area contributed by atoms with Crippen molar-refractivity contribution in [3.05, 3.63) is 95.1 Å². The molecule has 8 heteroatoms. The van der Waals surface area contributed by atoms with Gasteiger partial charge < -0.3 is 29.9 Å². The summed E-state index contributed by atoms with van der Waals surface area (Å²) < 4.78 is 13.1. The zero-order valence-corrected chi connectivity index (χ0v) is 25.3. The highest BCUT2D eigenvalue weighted by Crippen LogP contribution is 2.39. The maximum absolute atomic E-state index is 12.2.